The third-order valence-electron chi connectivity index (χ3n) is 12.8. The predicted octanol–water partition coefficient (Wildman–Crippen LogP) is 5.97. The second-order valence-corrected chi connectivity index (χ2v) is 18.9. The monoisotopic (exact) mass is 1060 g/mol. The molecular weight excluding hydrogens is 965 g/mol. The van der Waals surface area contributed by atoms with Crippen molar-refractivity contribution in [3.05, 3.63) is 42.0 Å². The number of hydrogen-bond donors (Lipinski definition) is 4. The summed E-state index contributed by atoms with van der Waals surface area (Å²) in [5.41, 5.74) is 1.27. The molecule has 1 aromatic carbocycles. The molecule has 20 heteroatoms. The van der Waals surface area contributed by atoms with E-state index in [9.17, 15) is 33.6 Å². The zero-order valence-electron chi connectivity index (χ0n) is 48.0. The van der Waals surface area contributed by atoms with Crippen molar-refractivity contribution in [1.29, 1.82) is 0 Å². The van der Waals surface area contributed by atoms with E-state index in [2.05, 4.69) is 84.1 Å². The van der Waals surface area contributed by atoms with Crippen LogP contribution in [0.2, 0.25) is 0 Å². The summed E-state index contributed by atoms with van der Waals surface area (Å²) in [6, 6.07) is 7.03. The number of nitrogens with two attached hydrogens (primary N) is 1. The van der Waals surface area contributed by atoms with Crippen molar-refractivity contribution in [3.8, 4) is 0 Å². The first-order valence-electron chi connectivity index (χ1n) is 27.2. The van der Waals surface area contributed by atoms with Crippen LogP contribution in [-0.2, 0) is 63.9 Å². The van der Waals surface area contributed by atoms with Gasteiger partial charge in [0.2, 0.25) is 24.1 Å². The number of methoxy groups -OCH3 is 3. The lowest BCUT2D eigenvalue weighted by molar-refractivity contribution is -0.200. The molecule has 3 aliphatic rings. The first-order chi connectivity index (χ1) is 36.0. The zero-order valence-corrected chi connectivity index (χ0v) is 48.0. The summed E-state index contributed by atoms with van der Waals surface area (Å²) in [5, 5.41) is 9.69. The SMILES string of the molecule is CC.CC1CCCN1C.CCC.CCCC(C(CCON1CCCC1C(OC)C(C)C)OC)N(C)C(=O)CCON.COC(=O)C(Cc1ccc(NC(=O)CNC(=O)CCCCCN2C(=O)C=CC2=O)cc1)NC=O. The van der Waals surface area contributed by atoms with Gasteiger partial charge in [0.15, 0.2) is 0 Å². The number of imide groups is 1. The first kappa shape index (κ1) is 70.2. The molecule has 20 nitrogen and oxygen atoms in total. The molecule has 3 aliphatic heterocycles. The topological polar surface area (TPSA) is 241 Å². The Morgan fingerprint density at radius 1 is 0.867 bits per heavy atom. The largest absolute Gasteiger partial charge is 0.467 e. The third kappa shape index (κ3) is 28.2. The fourth-order valence-corrected chi connectivity index (χ4v) is 8.64. The van der Waals surface area contributed by atoms with Crippen LogP contribution >= 0.6 is 0 Å². The quantitative estimate of drug-likeness (QED) is 0.0238. The van der Waals surface area contributed by atoms with E-state index in [4.69, 9.17) is 20.2 Å². The number of anilines is 1. The maximum Gasteiger partial charge on any atom is 0.328 e. The number of esters is 1. The fraction of sp³-hybridized carbons (Fsp3) is 0.727. The van der Waals surface area contributed by atoms with Crippen LogP contribution in [0.15, 0.2) is 36.4 Å². The third-order valence-corrected chi connectivity index (χ3v) is 12.8. The number of benzene rings is 1. The number of rotatable bonds is 29. The molecule has 75 heavy (non-hydrogen) atoms. The van der Waals surface area contributed by atoms with Crippen LogP contribution in [0.1, 0.15) is 144 Å². The number of hydrogen-bond acceptors (Lipinski definition) is 15. The Balaban J connectivity index is 0.00000121. The van der Waals surface area contributed by atoms with Crippen molar-refractivity contribution in [3.63, 3.8) is 0 Å². The highest BCUT2D eigenvalue weighted by Crippen LogP contribution is 2.27. The van der Waals surface area contributed by atoms with Gasteiger partial charge in [-0.3, -0.25) is 38.5 Å². The standard InChI is InChI=1S/C23H28N4O7.C21H43N3O5.C6H13N.C3H8.C2H6/c1-34-23(33)18(25-15-28)13-16-6-8-17(9-7-16)26-20(30)14-24-19(29)5-3-2-4-12-27-21(31)10-11-22(27)32;1-7-9-17(23(4)20(25)12-14-28-22)19(26-5)11-15-29-24-13-8-10-18(24)21(27-6)16(2)3;1-6-4-3-5-7(6)2;1-3-2;1-2/h6-11,15,18H,2-5,12-14H2,1H3,(H,24,29)(H,25,28)(H,26,30);16-19,21H,7-15,22H2,1-6H3;6H,3-5H2,1-2H3;3H2,1-2H3;1-2H3. The van der Waals surface area contributed by atoms with E-state index in [1.165, 1.54) is 45.1 Å². The minimum Gasteiger partial charge on any atom is -0.467 e. The molecule has 0 spiro atoms. The lowest BCUT2D eigenvalue weighted by Gasteiger charge is -2.35. The van der Waals surface area contributed by atoms with Crippen molar-refractivity contribution in [2.75, 3.05) is 80.1 Å². The van der Waals surface area contributed by atoms with Crippen LogP contribution in [0.25, 0.3) is 0 Å². The highest BCUT2D eigenvalue weighted by Gasteiger charge is 2.35. The molecule has 6 atom stereocenters. The van der Waals surface area contributed by atoms with Gasteiger partial charge in [0, 0.05) is 77.5 Å². The Labute approximate surface area is 449 Å². The molecule has 5 N–H and O–H groups in total. The predicted molar refractivity (Wildman–Crippen MR) is 293 cm³/mol. The van der Waals surface area contributed by atoms with Gasteiger partial charge in [-0.25, -0.2) is 10.7 Å². The van der Waals surface area contributed by atoms with Gasteiger partial charge < -0.3 is 44.8 Å². The minimum absolute atomic E-state index is 0.00404. The number of likely N-dealkylation sites (tertiary alicyclic amines) is 1. The van der Waals surface area contributed by atoms with Crippen LogP contribution in [0.3, 0.4) is 0 Å². The summed E-state index contributed by atoms with van der Waals surface area (Å²) in [5.74, 6) is 3.65. The highest BCUT2D eigenvalue weighted by molar-refractivity contribution is 6.12. The number of ether oxygens (including phenoxy) is 3. The summed E-state index contributed by atoms with van der Waals surface area (Å²) < 4.78 is 16.1. The fourth-order valence-electron chi connectivity index (χ4n) is 8.64. The van der Waals surface area contributed by atoms with Crippen LogP contribution in [0, 0.1) is 5.92 Å². The Kier molecular flexibility index (Phi) is 39.6. The Morgan fingerprint density at radius 2 is 1.51 bits per heavy atom. The van der Waals surface area contributed by atoms with Gasteiger partial charge in [0.1, 0.15) is 6.04 Å². The second kappa shape index (κ2) is 42.3. The Hall–Kier alpha value is -4.83. The number of likely N-dealkylation sites (N-methyl/N-ethyl adjacent to an activating group) is 1. The second-order valence-electron chi connectivity index (χ2n) is 18.9. The van der Waals surface area contributed by atoms with Crippen LogP contribution < -0.4 is 21.8 Å². The molecule has 2 fully saturated rings. The molecule has 0 aromatic heterocycles. The van der Waals surface area contributed by atoms with E-state index in [1.807, 2.05) is 20.9 Å². The van der Waals surface area contributed by atoms with Crippen molar-refractivity contribution in [1.82, 2.24) is 30.4 Å². The summed E-state index contributed by atoms with van der Waals surface area (Å²) in [7, 11) is 8.73. The number of unbranched alkanes of at least 4 members (excludes halogenated alkanes) is 2. The van der Waals surface area contributed by atoms with Crippen LogP contribution in [0.4, 0.5) is 5.69 Å². The Morgan fingerprint density at radius 3 is 2.01 bits per heavy atom. The molecule has 0 aliphatic carbocycles. The summed E-state index contributed by atoms with van der Waals surface area (Å²) >= 11 is 0. The summed E-state index contributed by atoms with van der Waals surface area (Å²) in [6.07, 6.45) is 14.4. The van der Waals surface area contributed by atoms with Gasteiger partial charge in [-0.1, -0.05) is 79.9 Å². The average molecular weight is 1060 g/mol. The molecule has 6 amide bonds. The van der Waals surface area contributed by atoms with Gasteiger partial charge >= 0.3 is 5.97 Å². The molecule has 1 aromatic rings. The van der Waals surface area contributed by atoms with Crippen molar-refractivity contribution >= 4 is 47.6 Å². The van der Waals surface area contributed by atoms with Gasteiger partial charge in [-0.15, -0.1) is 0 Å². The normalized spacial score (nSPS) is 17.6. The first-order valence-corrected chi connectivity index (χ1v) is 27.2. The van der Waals surface area contributed by atoms with Crippen molar-refractivity contribution in [2.24, 2.45) is 11.8 Å². The van der Waals surface area contributed by atoms with Gasteiger partial charge in [0.05, 0.1) is 57.6 Å². The molecule has 6 unspecified atom stereocenters. The average Bonchev–Trinajstić information content (AvgIpc) is 4.12. The lowest BCUT2D eigenvalue weighted by atomic mass is 9.98. The molecule has 430 valence electrons. The van der Waals surface area contributed by atoms with Gasteiger partial charge in [-0.05, 0) is 89.1 Å². The van der Waals surface area contributed by atoms with E-state index >= 15 is 0 Å². The number of hydroxylamine groups is 2. The van der Waals surface area contributed by atoms with E-state index in [-0.39, 0.29) is 80.3 Å². The summed E-state index contributed by atoms with van der Waals surface area (Å²) in [6.45, 7) is 20.2. The number of nitrogens with one attached hydrogen (secondary N) is 3. The maximum atomic E-state index is 12.4. The lowest BCUT2D eigenvalue weighted by Crippen LogP contribution is -2.47. The highest BCUT2D eigenvalue weighted by atomic mass is 16.7. The molecule has 4 rings (SSSR count). The minimum atomic E-state index is -0.805. The van der Waals surface area contributed by atoms with Crippen molar-refractivity contribution in [2.45, 2.75) is 182 Å². The van der Waals surface area contributed by atoms with Crippen LogP contribution in [0.5, 0.6) is 0 Å². The smallest absolute Gasteiger partial charge is 0.328 e. The van der Waals surface area contributed by atoms with E-state index in [1.54, 1.807) is 43.4 Å². The van der Waals surface area contributed by atoms with E-state index in [0.29, 0.717) is 56.9 Å². The maximum absolute atomic E-state index is 12.4. The molecule has 2 saturated heterocycles. The molecule has 0 bridgehead atoms. The van der Waals surface area contributed by atoms with Gasteiger partial charge in [-0.2, -0.15) is 5.06 Å². The molecular formula is C55H98N8O12. The van der Waals surface area contributed by atoms with E-state index in [0.717, 1.165) is 48.7 Å². The number of nitrogens with zero attached hydrogens (tertiary/aromatic N) is 4. The number of carbonyl (C=O) groups excluding carboxylic acids is 7. The number of carbonyl (C=O) groups is 7. The zero-order chi connectivity index (χ0) is 56.7. The Bertz CT molecular complexity index is 1760. The van der Waals surface area contributed by atoms with Gasteiger partial charge in [0.25, 0.3) is 11.8 Å². The molecule has 0 radical (unpaired) electrons. The molecule has 0 saturated carbocycles. The van der Waals surface area contributed by atoms with Crippen molar-refractivity contribution < 1.29 is 57.4 Å². The molecule has 3 heterocycles. The van der Waals surface area contributed by atoms with E-state index < -0.39 is 17.9 Å². The van der Waals surface area contributed by atoms with Crippen LogP contribution in [-0.4, -0.2) is 173 Å². The summed E-state index contributed by atoms with van der Waals surface area (Å²) in [4.78, 5) is 97.6. The number of amides is 6.